The number of fused-ring (bicyclic) bond motifs is 1. The maximum Gasteiger partial charge on any atom is 0.261 e. The number of ether oxygens (including phenoxy) is 2. The smallest absolute Gasteiger partial charge is 0.261 e. The van der Waals surface area contributed by atoms with Gasteiger partial charge in [-0.25, -0.2) is 4.98 Å². The molecule has 0 unspecified atom stereocenters. The highest BCUT2D eigenvalue weighted by atomic mass is 35.5. The zero-order chi connectivity index (χ0) is 17.3. The van der Waals surface area contributed by atoms with Gasteiger partial charge in [0.15, 0.2) is 5.13 Å². The first-order valence-electron chi connectivity index (χ1n) is 7.12. The number of anilines is 1. The monoisotopic (exact) mass is 362 g/mol. The highest BCUT2D eigenvalue weighted by molar-refractivity contribution is 7.23. The lowest BCUT2D eigenvalue weighted by atomic mass is 10.2. The van der Waals surface area contributed by atoms with Crippen molar-refractivity contribution >= 4 is 44.2 Å². The SMILES string of the molecule is COc1ccc(C(=O)Nc2nc3c(C)ccc(Cl)c3s2)c(OC)c1. The zero-order valence-corrected chi connectivity index (χ0v) is 14.9. The van der Waals surface area contributed by atoms with Crippen molar-refractivity contribution in [2.24, 2.45) is 0 Å². The standard InChI is InChI=1S/C17H15ClN2O3S/c1-9-4-7-12(18)15-14(9)19-17(24-15)20-16(21)11-6-5-10(22-2)8-13(11)23-3/h4-8H,1-3H3,(H,19,20,21). The van der Waals surface area contributed by atoms with Crippen LogP contribution in [-0.4, -0.2) is 25.1 Å². The summed E-state index contributed by atoms with van der Waals surface area (Å²) in [4.78, 5) is 17.0. The van der Waals surface area contributed by atoms with Gasteiger partial charge in [-0.15, -0.1) is 0 Å². The summed E-state index contributed by atoms with van der Waals surface area (Å²) >= 11 is 7.54. The van der Waals surface area contributed by atoms with Crippen molar-refractivity contribution in [3.8, 4) is 11.5 Å². The minimum absolute atomic E-state index is 0.303. The maximum absolute atomic E-state index is 12.5. The molecule has 1 heterocycles. The Morgan fingerprint density at radius 2 is 2.00 bits per heavy atom. The van der Waals surface area contributed by atoms with Gasteiger partial charge >= 0.3 is 0 Å². The molecule has 7 heteroatoms. The fraction of sp³-hybridized carbons (Fsp3) is 0.176. The van der Waals surface area contributed by atoms with Crippen LogP contribution in [0.3, 0.4) is 0 Å². The molecule has 0 saturated heterocycles. The third-order valence-electron chi connectivity index (χ3n) is 3.57. The Morgan fingerprint density at radius 3 is 2.67 bits per heavy atom. The van der Waals surface area contributed by atoms with E-state index in [1.54, 1.807) is 25.3 Å². The third kappa shape index (κ3) is 3.02. The molecular formula is C17H15ClN2O3S. The van der Waals surface area contributed by atoms with Crippen molar-refractivity contribution in [3.05, 3.63) is 46.5 Å². The fourth-order valence-electron chi connectivity index (χ4n) is 2.31. The van der Waals surface area contributed by atoms with Crippen LogP contribution in [0.1, 0.15) is 15.9 Å². The normalized spacial score (nSPS) is 10.7. The fourth-order valence-corrected chi connectivity index (χ4v) is 3.52. The van der Waals surface area contributed by atoms with Gasteiger partial charge in [-0.05, 0) is 30.7 Å². The third-order valence-corrected chi connectivity index (χ3v) is 5.00. The highest BCUT2D eigenvalue weighted by Gasteiger charge is 2.16. The van der Waals surface area contributed by atoms with E-state index < -0.39 is 0 Å². The number of methoxy groups -OCH3 is 2. The molecule has 1 N–H and O–H groups in total. The lowest BCUT2D eigenvalue weighted by Gasteiger charge is -2.09. The first kappa shape index (κ1) is 16.5. The number of benzene rings is 2. The number of aromatic nitrogens is 1. The number of halogens is 1. The van der Waals surface area contributed by atoms with Crippen LogP contribution in [0.25, 0.3) is 10.2 Å². The maximum atomic E-state index is 12.5. The number of rotatable bonds is 4. The zero-order valence-electron chi connectivity index (χ0n) is 13.3. The minimum atomic E-state index is -0.303. The molecule has 1 aromatic heterocycles. The first-order chi connectivity index (χ1) is 11.5. The van der Waals surface area contributed by atoms with Crippen molar-refractivity contribution in [1.29, 1.82) is 0 Å². The predicted molar refractivity (Wildman–Crippen MR) is 96.9 cm³/mol. The summed E-state index contributed by atoms with van der Waals surface area (Å²) in [6.45, 7) is 1.95. The Bertz CT molecular complexity index is 885. The van der Waals surface area contributed by atoms with Crippen molar-refractivity contribution < 1.29 is 14.3 Å². The number of aryl methyl sites for hydroxylation is 1. The van der Waals surface area contributed by atoms with E-state index in [-0.39, 0.29) is 5.91 Å². The number of hydrogen-bond donors (Lipinski definition) is 1. The van der Waals surface area contributed by atoms with Crippen molar-refractivity contribution in [2.45, 2.75) is 6.92 Å². The Balaban J connectivity index is 1.93. The molecule has 0 saturated carbocycles. The molecule has 1 amide bonds. The van der Waals surface area contributed by atoms with Gasteiger partial charge in [0.05, 0.1) is 35.0 Å². The summed E-state index contributed by atoms with van der Waals surface area (Å²) in [6.07, 6.45) is 0. The quantitative estimate of drug-likeness (QED) is 0.740. The molecule has 0 aliphatic rings. The molecule has 0 bridgehead atoms. The van der Waals surface area contributed by atoms with Gasteiger partial charge in [-0.1, -0.05) is 29.0 Å². The molecule has 5 nitrogen and oxygen atoms in total. The van der Waals surface area contributed by atoms with E-state index in [0.717, 1.165) is 15.8 Å². The van der Waals surface area contributed by atoms with Gasteiger partial charge < -0.3 is 9.47 Å². The van der Waals surface area contributed by atoms with Gasteiger partial charge in [-0.3, -0.25) is 10.1 Å². The van der Waals surface area contributed by atoms with E-state index in [0.29, 0.717) is 27.2 Å². The Morgan fingerprint density at radius 1 is 1.21 bits per heavy atom. The van der Waals surface area contributed by atoms with Gasteiger partial charge in [0.2, 0.25) is 0 Å². The van der Waals surface area contributed by atoms with E-state index in [2.05, 4.69) is 10.3 Å². The lowest BCUT2D eigenvalue weighted by Crippen LogP contribution is -2.13. The highest BCUT2D eigenvalue weighted by Crippen LogP contribution is 2.34. The van der Waals surface area contributed by atoms with Crippen LogP contribution >= 0.6 is 22.9 Å². The number of thiazole rings is 1. The molecule has 3 aromatic rings. The minimum Gasteiger partial charge on any atom is -0.497 e. The summed E-state index contributed by atoms with van der Waals surface area (Å²) < 4.78 is 11.3. The Labute approximate surface area is 148 Å². The van der Waals surface area contributed by atoms with Crippen LogP contribution in [0.4, 0.5) is 5.13 Å². The number of nitrogens with one attached hydrogen (secondary N) is 1. The van der Waals surface area contributed by atoms with Crippen LogP contribution < -0.4 is 14.8 Å². The van der Waals surface area contributed by atoms with Gasteiger partial charge in [0, 0.05) is 6.07 Å². The summed E-state index contributed by atoms with van der Waals surface area (Å²) in [5.41, 5.74) is 2.21. The summed E-state index contributed by atoms with van der Waals surface area (Å²) in [6, 6.07) is 8.75. The molecule has 24 heavy (non-hydrogen) atoms. The molecule has 0 spiro atoms. The number of carbonyl (C=O) groups is 1. The van der Waals surface area contributed by atoms with Gasteiger partial charge in [0.25, 0.3) is 5.91 Å². The van der Waals surface area contributed by atoms with Crippen LogP contribution in [-0.2, 0) is 0 Å². The average molecular weight is 363 g/mol. The average Bonchev–Trinajstić information content (AvgIpc) is 3.02. The molecule has 0 atom stereocenters. The van der Waals surface area contributed by atoms with E-state index in [9.17, 15) is 4.79 Å². The second-order valence-electron chi connectivity index (χ2n) is 5.08. The number of carbonyl (C=O) groups excluding carboxylic acids is 1. The molecular weight excluding hydrogens is 348 g/mol. The summed E-state index contributed by atoms with van der Waals surface area (Å²) in [7, 11) is 3.06. The number of nitrogens with zero attached hydrogens (tertiary/aromatic N) is 1. The second-order valence-corrected chi connectivity index (χ2v) is 6.49. The number of amides is 1. The van der Waals surface area contributed by atoms with Crippen LogP contribution in [0.5, 0.6) is 11.5 Å². The molecule has 2 aromatic carbocycles. The Kier molecular flexibility index (Phi) is 4.59. The first-order valence-corrected chi connectivity index (χ1v) is 8.32. The van der Waals surface area contributed by atoms with E-state index in [4.69, 9.17) is 21.1 Å². The van der Waals surface area contributed by atoms with E-state index in [1.807, 2.05) is 19.1 Å². The number of hydrogen-bond acceptors (Lipinski definition) is 5. The topological polar surface area (TPSA) is 60.5 Å². The molecule has 3 rings (SSSR count). The molecule has 0 fully saturated rings. The van der Waals surface area contributed by atoms with Gasteiger partial charge in [-0.2, -0.15) is 0 Å². The van der Waals surface area contributed by atoms with Gasteiger partial charge in [0.1, 0.15) is 11.5 Å². The van der Waals surface area contributed by atoms with Crippen molar-refractivity contribution in [2.75, 3.05) is 19.5 Å². The predicted octanol–water partition coefficient (Wildman–Crippen LogP) is 4.53. The van der Waals surface area contributed by atoms with Crippen molar-refractivity contribution in [1.82, 2.24) is 4.98 Å². The second kappa shape index (κ2) is 6.67. The summed E-state index contributed by atoms with van der Waals surface area (Å²) in [5, 5.41) is 3.91. The molecule has 124 valence electrons. The van der Waals surface area contributed by atoms with E-state index >= 15 is 0 Å². The van der Waals surface area contributed by atoms with E-state index in [1.165, 1.54) is 18.4 Å². The Hall–Kier alpha value is -2.31. The van der Waals surface area contributed by atoms with Crippen LogP contribution in [0.2, 0.25) is 5.02 Å². The van der Waals surface area contributed by atoms with Crippen LogP contribution in [0, 0.1) is 6.92 Å². The molecule has 0 aliphatic carbocycles. The molecule has 0 aliphatic heterocycles. The summed E-state index contributed by atoms with van der Waals surface area (Å²) in [5.74, 6) is 0.746. The molecule has 0 radical (unpaired) electrons. The van der Waals surface area contributed by atoms with Crippen LogP contribution in [0.15, 0.2) is 30.3 Å². The van der Waals surface area contributed by atoms with Crippen molar-refractivity contribution in [3.63, 3.8) is 0 Å². The lowest BCUT2D eigenvalue weighted by molar-refractivity contribution is 0.102. The largest absolute Gasteiger partial charge is 0.497 e.